The first-order valence-corrected chi connectivity index (χ1v) is 13.3. The Labute approximate surface area is 219 Å². The molecule has 0 bridgehead atoms. The topological polar surface area (TPSA) is 106 Å². The molecule has 5 heterocycles. The predicted octanol–water partition coefficient (Wildman–Crippen LogP) is 4.33. The average Bonchev–Trinajstić information content (AvgIpc) is 3.55. The van der Waals surface area contributed by atoms with Gasteiger partial charge in [0.15, 0.2) is 5.82 Å². The maximum atomic E-state index is 13.0. The van der Waals surface area contributed by atoms with E-state index in [1.165, 1.54) is 11.3 Å². The van der Waals surface area contributed by atoms with Crippen LogP contribution in [0.2, 0.25) is 0 Å². The first kappa shape index (κ1) is 24.8. The fourth-order valence-electron chi connectivity index (χ4n) is 4.60. The van der Waals surface area contributed by atoms with E-state index in [4.69, 9.17) is 0 Å². The van der Waals surface area contributed by atoms with Crippen molar-refractivity contribution in [2.24, 2.45) is 0 Å². The molecule has 4 aromatic heterocycles. The molecule has 9 nitrogen and oxygen atoms in total. The normalized spacial score (nSPS) is 14.1. The van der Waals surface area contributed by atoms with Gasteiger partial charge in [0.2, 0.25) is 5.91 Å². The molecule has 0 atom stereocenters. The van der Waals surface area contributed by atoms with Crippen molar-refractivity contribution in [3.63, 3.8) is 0 Å². The molecule has 1 N–H and O–H groups in total. The summed E-state index contributed by atoms with van der Waals surface area (Å²) in [7, 11) is 0. The van der Waals surface area contributed by atoms with Crippen molar-refractivity contribution in [2.45, 2.75) is 45.4 Å². The van der Waals surface area contributed by atoms with Gasteiger partial charge in [-0.15, -0.1) is 11.3 Å². The number of hydrogen-bond acceptors (Lipinski definition) is 7. The molecule has 190 valence electrons. The Morgan fingerprint density at radius 2 is 1.95 bits per heavy atom. The number of nitrogens with one attached hydrogen (secondary N) is 1. The van der Waals surface area contributed by atoms with Crippen LogP contribution in [0.15, 0.2) is 54.3 Å². The molecule has 10 heteroatoms. The van der Waals surface area contributed by atoms with Crippen molar-refractivity contribution in [1.82, 2.24) is 29.6 Å². The van der Waals surface area contributed by atoms with E-state index in [1.54, 1.807) is 28.5 Å². The first-order chi connectivity index (χ1) is 18.0. The Morgan fingerprint density at radius 1 is 1.14 bits per heavy atom. The van der Waals surface area contributed by atoms with Gasteiger partial charge in [0.05, 0.1) is 16.4 Å². The summed E-state index contributed by atoms with van der Waals surface area (Å²) in [6.07, 6.45) is 8.11. The second-order valence-electron chi connectivity index (χ2n) is 9.25. The first-order valence-electron chi connectivity index (χ1n) is 12.4. The number of carbonyl (C=O) groups excluding carboxylic acids is 2. The molecule has 0 aliphatic carbocycles. The van der Waals surface area contributed by atoms with E-state index < -0.39 is 0 Å². The fourth-order valence-corrected chi connectivity index (χ4v) is 5.57. The highest BCUT2D eigenvalue weighted by Crippen LogP contribution is 2.31. The van der Waals surface area contributed by atoms with Gasteiger partial charge >= 0.3 is 0 Å². The number of amides is 2. The Morgan fingerprint density at radius 3 is 2.68 bits per heavy atom. The molecule has 0 saturated carbocycles. The van der Waals surface area contributed by atoms with E-state index in [-0.39, 0.29) is 17.7 Å². The van der Waals surface area contributed by atoms with E-state index >= 15 is 0 Å². The second kappa shape index (κ2) is 11.0. The minimum atomic E-state index is -0.277. The fraction of sp³-hybridized carbons (Fsp3) is 0.333. The molecular weight excluding hydrogens is 486 g/mol. The smallest absolute Gasteiger partial charge is 0.275 e. The lowest BCUT2D eigenvalue weighted by molar-refractivity contribution is -0.132. The molecule has 4 aromatic rings. The van der Waals surface area contributed by atoms with E-state index in [0.717, 1.165) is 34.8 Å². The number of piperidine rings is 1. The third-order valence-corrected chi connectivity index (χ3v) is 7.55. The van der Waals surface area contributed by atoms with Crippen LogP contribution in [0.4, 0.5) is 5.69 Å². The molecule has 0 spiro atoms. The summed E-state index contributed by atoms with van der Waals surface area (Å²) < 4.78 is 1.73. The van der Waals surface area contributed by atoms with Crippen LogP contribution in [0.25, 0.3) is 5.82 Å². The number of anilines is 1. The SMILES string of the molecule is Cc1cc(C)n(-c2ncccc2NC(=O)c2csc(C3CCN(C(=O)CCc4cccnc4)CC3)n2)n1. The van der Waals surface area contributed by atoms with Crippen molar-refractivity contribution < 1.29 is 9.59 Å². The highest BCUT2D eigenvalue weighted by atomic mass is 32.1. The summed E-state index contributed by atoms with van der Waals surface area (Å²) >= 11 is 1.50. The molecule has 0 unspecified atom stereocenters. The summed E-state index contributed by atoms with van der Waals surface area (Å²) in [4.78, 5) is 40.8. The largest absolute Gasteiger partial charge is 0.343 e. The zero-order valence-corrected chi connectivity index (χ0v) is 21.7. The molecule has 0 radical (unpaired) electrons. The van der Waals surface area contributed by atoms with Gasteiger partial charge in [-0.2, -0.15) is 5.10 Å². The van der Waals surface area contributed by atoms with Crippen molar-refractivity contribution in [3.8, 4) is 5.82 Å². The highest BCUT2D eigenvalue weighted by Gasteiger charge is 2.26. The van der Waals surface area contributed by atoms with Crippen LogP contribution in [0, 0.1) is 13.8 Å². The quantitative estimate of drug-likeness (QED) is 0.393. The third-order valence-electron chi connectivity index (χ3n) is 6.55. The number of rotatable bonds is 7. The maximum absolute atomic E-state index is 13.0. The number of hydrogen-bond donors (Lipinski definition) is 1. The summed E-state index contributed by atoms with van der Waals surface area (Å²) in [5, 5.41) is 10.2. The summed E-state index contributed by atoms with van der Waals surface area (Å²) in [6.45, 7) is 5.29. The maximum Gasteiger partial charge on any atom is 0.275 e. The number of thiazole rings is 1. The zero-order valence-electron chi connectivity index (χ0n) is 20.9. The van der Waals surface area contributed by atoms with E-state index in [0.29, 0.717) is 43.1 Å². The minimum Gasteiger partial charge on any atom is -0.343 e. The molecule has 2 amide bonds. The average molecular weight is 516 g/mol. The van der Waals surface area contributed by atoms with Crippen LogP contribution in [0.3, 0.4) is 0 Å². The van der Waals surface area contributed by atoms with Crippen LogP contribution < -0.4 is 5.32 Å². The van der Waals surface area contributed by atoms with Crippen molar-refractivity contribution in [2.75, 3.05) is 18.4 Å². The molecular formula is C27H29N7O2S. The van der Waals surface area contributed by atoms with Crippen molar-refractivity contribution in [1.29, 1.82) is 0 Å². The number of aryl methyl sites for hydroxylation is 3. The van der Waals surface area contributed by atoms with Gasteiger partial charge in [-0.25, -0.2) is 14.6 Å². The summed E-state index contributed by atoms with van der Waals surface area (Å²) in [6, 6.07) is 9.45. The summed E-state index contributed by atoms with van der Waals surface area (Å²) in [5.41, 5.74) is 3.85. The number of carbonyl (C=O) groups is 2. The lowest BCUT2D eigenvalue weighted by Crippen LogP contribution is -2.38. The van der Waals surface area contributed by atoms with E-state index in [2.05, 4.69) is 25.4 Å². The van der Waals surface area contributed by atoms with E-state index in [1.807, 2.05) is 49.2 Å². The van der Waals surface area contributed by atoms with Gasteiger partial charge in [0.1, 0.15) is 5.69 Å². The number of likely N-dealkylation sites (tertiary alicyclic amines) is 1. The molecule has 5 rings (SSSR count). The molecule has 1 saturated heterocycles. The molecule has 1 fully saturated rings. The van der Waals surface area contributed by atoms with Gasteiger partial charge in [-0.3, -0.25) is 14.6 Å². The number of nitrogens with zero attached hydrogens (tertiary/aromatic N) is 6. The Hall–Kier alpha value is -3.92. The van der Waals surface area contributed by atoms with Gasteiger partial charge in [-0.05, 0) is 62.9 Å². The molecule has 37 heavy (non-hydrogen) atoms. The zero-order chi connectivity index (χ0) is 25.8. The standard InChI is InChI=1S/C27H29N7O2S/c1-18-15-19(2)34(32-18)25-22(6-4-12-29-25)30-26(36)23-17-37-27(31-23)21-9-13-33(14-10-21)24(35)8-7-20-5-3-11-28-16-20/h3-6,11-12,15-17,21H,7-10,13-14H2,1-2H3,(H,30,36). The third kappa shape index (κ3) is 5.75. The van der Waals surface area contributed by atoms with Gasteiger partial charge in [0.25, 0.3) is 5.91 Å². The van der Waals surface area contributed by atoms with Gasteiger partial charge in [-0.1, -0.05) is 6.07 Å². The minimum absolute atomic E-state index is 0.177. The molecule has 0 aromatic carbocycles. The Kier molecular flexibility index (Phi) is 7.36. The predicted molar refractivity (Wildman–Crippen MR) is 142 cm³/mol. The number of pyridine rings is 2. The van der Waals surface area contributed by atoms with Crippen LogP contribution >= 0.6 is 11.3 Å². The van der Waals surface area contributed by atoms with Crippen molar-refractivity contribution >= 4 is 28.8 Å². The highest BCUT2D eigenvalue weighted by molar-refractivity contribution is 7.10. The lowest BCUT2D eigenvalue weighted by Gasteiger charge is -2.31. The van der Waals surface area contributed by atoms with Crippen LogP contribution in [-0.4, -0.2) is 54.5 Å². The monoisotopic (exact) mass is 515 g/mol. The molecule has 1 aliphatic rings. The van der Waals surface area contributed by atoms with Gasteiger partial charge in [0, 0.05) is 55.1 Å². The van der Waals surface area contributed by atoms with Crippen LogP contribution in [-0.2, 0) is 11.2 Å². The molecule has 1 aliphatic heterocycles. The second-order valence-corrected chi connectivity index (χ2v) is 10.1. The Bertz CT molecular complexity index is 1390. The van der Waals surface area contributed by atoms with E-state index in [9.17, 15) is 9.59 Å². The van der Waals surface area contributed by atoms with Crippen LogP contribution in [0.1, 0.15) is 57.6 Å². The number of aromatic nitrogens is 5. The Balaban J connectivity index is 1.18. The van der Waals surface area contributed by atoms with Gasteiger partial charge < -0.3 is 10.2 Å². The summed E-state index contributed by atoms with van der Waals surface area (Å²) in [5.74, 6) is 0.715. The van der Waals surface area contributed by atoms with Crippen molar-refractivity contribution in [3.05, 3.63) is 82.0 Å². The van der Waals surface area contributed by atoms with Crippen LogP contribution in [0.5, 0.6) is 0 Å². The lowest BCUT2D eigenvalue weighted by atomic mass is 9.97.